The summed E-state index contributed by atoms with van der Waals surface area (Å²) in [6, 6.07) is -0.332. The number of carboxylic acids is 1. The highest BCUT2D eigenvalue weighted by atomic mass is 32.1. The Labute approximate surface area is 96.0 Å². The van der Waals surface area contributed by atoms with Crippen molar-refractivity contribution < 1.29 is 14.7 Å². The molecule has 1 aromatic rings. The molecule has 0 fully saturated rings. The van der Waals surface area contributed by atoms with Gasteiger partial charge < -0.3 is 10.4 Å². The van der Waals surface area contributed by atoms with Crippen molar-refractivity contribution in [3.8, 4) is 0 Å². The van der Waals surface area contributed by atoms with E-state index < -0.39 is 5.97 Å². The van der Waals surface area contributed by atoms with Crippen LogP contribution in [0.3, 0.4) is 0 Å². The highest BCUT2D eigenvalue weighted by molar-refractivity contribution is 7.10. The lowest BCUT2D eigenvalue weighted by Gasteiger charge is -2.04. The van der Waals surface area contributed by atoms with Gasteiger partial charge in [-0.25, -0.2) is 4.79 Å². The van der Waals surface area contributed by atoms with Gasteiger partial charge in [-0.3, -0.25) is 10.1 Å². The smallest absolute Gasteiger partial charge is 0.319 e. The molecule has 7 nitrogen and oxygen atoms in total. The standard InChI is InChI=1S/C8H12N4O3S/c13-7(14)3-1-2-4-9-8(15)11-6-5-10-12-16-6/h5H,1-4H2,(H,13,14)(H2,9,11,15). The van der Waals surface area contributed by atoms with Gasteiger partial charge in [0.15, 0.2) is 0 Å². The minimum absolute atomic E-state index is 0.127. The number of unbranched alkanes of at least 4 members (excludes halogenated alkanes) is 1. The summed E-state index contributed by atoms with van der Waals surface area (Å²) in [5.74, 6) is -0.819. The van der Waals surface area contributed by atoms with Crippen molar-refractivity contribution in [3.63, 3.8) is 0 Å². The lowest BCUT2D eigenvalue weighted by molar-refractivity contribution is -0.137. The minimum Gasteiger partial charge on any atom is -0.481 e. The van der Waals surface area contributed by atoms with E-state index in [0.29, 0.717) is 24.4 Å². The predicted octanol–water partition coefficient (Wildman–Crippen LogP) is 0.914. The lowest BCUT2D eigenvalue weighted by atomic mass is 10.2. The number of urea groups is 1. The van der Waals surface area contributed by atoms with Crippen LogP contribution in [-0.4, -0.2) is 33.2 Å². The molecule has 0 radical (unpaired) electrons. The van der Waals surface area contributed by atoms with E-state index in [4.69, 9.17) is 5.11 Å². The Kier molecular flexibility index (Phi) is 5.20. The zero-order chi connectivity index (χ0) is 11.8. The van der Waals surface area contributed by atoms with Crippen molar-refractivity contribution in [1.29, 1.82) is 0 Å². The lowest BCUT2D eigenvalue weighted by Crippen LogP contribution is -2.29. The Hall–Kier alpha value is -1.70. The number of rotatable bonds is 6. The van der Waals surface area contributed by atoms with Crippen LogP contribution >= 0.6 is 11.5 Å². The van der Waals surface area contributed by atoms with Crippen molar-refractivity contribution in [2.75, 3.05) is 11.9 Å². The number of amides is 2. The molecule has 0 bridgehead atoms. The van der Waals surface area contributed by atoms with Crippen LogP contribution in [-0.2, 0) is 4.79 Å². The average molecular weight is 244 g/mol. The van der Waals surface area contributed by atoms with Crippen molar-refractivity contribution >= 4 is 28.5 Å². The van der Waals surface area contributed by atoms with Crippen LogP contribution in [0.15, 0.2) is 6.20 Å². The largest absolute Gasteiger partial charge is 0.481 e. The number of carboxylic acid groups (broad SMARTS) is 1. The van der Waals surface area contributed by atoms with Crippen LogP contribution in [0.5, 0.6) is 0 Å². The summed E-state index contributed by atoms with van der Waals surface area (Å²) < 4.78 is 3.59. The normalized spacial score (nSPS) is 9.75. The van der Waals surface area contributed by atoms with Gasteiger partial charge in [-0.05, 0) is 12.8 Å². The maximum atomic E-state index is 11.2. The van der Waals surface area contributed by atoms with Gasteiger partial charge in [0, 0.05) is 24.5 Å². The third kappa shape index (κ3) is 5.25. The third-order valence-corrected chi connectivity index (χ3v) is 2.28. The molecule has 0 saturated carbocycles. The van der Waals surface area contributed by atoms with E-state index >= 15 is 0 Å². The fourth-order valence-corrected chi connectivity index (χ4v) is 1.40. The molecule has 0 aliphatic heterocycles. The van der Waals surface area contributed by atoms with Crippen molar-refractivity contribution in [3.05, 3.63) is 6.20 Å². The highest BCUT2D eigenvalue weighted by Crippen LogP contribution is 2.08. The van der Waals surface area contributed by atoms with Gasteiger partial charge in [0.1, 0.15) is 5.00 Å². The Morgan fingerprint density at radius 3 is 2.88 bits per heavy atom. The number of aromatic nitrogens is 2. The maximum Gasteiger partial charge on any atom is 0.319 e. The van der Waals surface area contributed by atoms with E-state index in [-0.39, 0.29) is 12.5 Å². The molecule has 0 saturated heterocycles. The molecular weight excluding hydrogens is 232 g/mol. The summed E-state index contributed by atoms with van der Waals surface area (Å²) in [7, 11) is 0. The first-order valence-electron chi connectivity index (χ1n) is 4.72. The summed E-state index contributed by atoms with van der Waals surface area (Å²) in [4.78, 5) is 21.4. The topological polar surface area (TPSA) is 104 Å². The van der Waals surface area contributed by atoms with E-state index in [0.717, 1.165) is 11.5 Å². The number of hydrogen-bond acceptors (Lipinski definition) is 5. The number of hydrogen-bond donors (Lipinski definition) is 3. The van der Waals surface area contributed by atoms with Crippen molar-refractivity contribution in [2.45, 2.75) is 19.3 Å². The minimum atomic E-state index is -0.819. The molecule has 0 atom stereocenters. The molecule has 16 heavy (non-hydrogen) atoms. The number of nitrogens with zero attached hydrogens (tertiary/aromatic N) is 2. The van der Waals surface area contributed by atoms with Gasteiger partial charge in [0.2, 0.25) is 0 Å². The zero-order valence-electron chi connectivity index (χ0n) is 8.47. The van der Waals surface area contributed by atoms with Crippen LogP contribution in [0.2, 0.25) is 0 Å². The molecule has 1 aromatic heterocycles. The number of carbonyl (C=O) groups excluding carboxylic acids is 1. The number of carbonyl (C=O) groups is 2. The summed E-state index contributed by atoms with van der Waals surface area (Å²) >= 11 is 1.09. The van der Waals surface area contributed by atoms with E-state index in [9.17, 15) is 9.59 Å². The molecule has 0 aliphatic carbocycles. The summed E-state index contributed by atoms with van der Waals surface area (Å²) in [6.45, 7) is 0.450. The van der Waals surface area contributed by atoms with Crippen molar-refractivity contribution in [1.82, 2.24) is 14.9 Å². The maximum absolute atomic E-state index is 11.2. The molecular formula is C8H12N4O3S. The average Bonchev–Trinajstić information content (AvgIpc) is 2.69. The van der Waals surface area contributed by atoms with E-state index in [1.807, 2.05) is 0 Å². The molecule has 88 valence electrons. The number of anilines is 1. The fourth-order valence-electron chi connectivity index (χ4n) is 0.981. The van der Waals surface area contributed by atoms with Crippen LogP contribution < -0.4 is 10.6 Å². The first-order chi connectivity index (χ1) is 7.68. The summed E-state index contributed by atoms with van der Waals surface area (Å²) in [5, 5.41) is 17.7. The van der Waals surface area contributed by atoms with Gasteiger partial charge in [0.05, 0.1) is 6.20 Å². The number of aliphatic carboxylic acids is 1. The monoisotopic (exact) mass is 244 g/mol. The molecule has 0 unspecified atom stereocenters. The molecule has 0 aliphatic rings. The van der Waals surface area contributed by atoms with Gasteiger partial charge in [-0.2, -0.15) is 0 Å². The second-order valence-electron chi connectivity index (χ2n) is 3.01. The zero-order valence-corrected chi connectivity index (χ0v) is 9.29. The Balaban J connectivity index is 2.05. The molecule has 1 heterocycles. The van der Waals surface area contributed by atoms with Gasteiger partial charge in [-0.1, -0.05) is 4.49 Å². The molecule has 3 N–H and O–H groups in total. The molecule has 2 amide bonds. The summed E-state index contributed by atoms with van der Waals surface area (Å²) in [6.07, 6.45) is 2.77. The van der Waals surface area contributed by atoms with Crippen LogP contribution in [0, 0.1) is 0 Å². The molecule has 8 heteroatoms. The second kappa shape index (κ2) is 6.72. The van der Waals surface area contributed by atoms with Crippen LogP contribution in [0.4, 0.5) is 9.80 Å². The van der Waals surface area contributed by atoms with Gasteiger partial charge >= 0.3 is 12.0 Å². The summed E-state index contributed by atoms with van der Waals surface area (Å²) in [5.41, 5.74) is 0. The molecule has 0 spiro atoms. The first kappa shape index (κ1) is 12.4. The van der Waals surface area contributed by atoms with Gasteiger partial charge in [0.25, 0.3) is 0 Å². The Bertz CT molecular complexity index is 341. The predicted molar refractivity (Wildman–Crippen MR) is 58.4 cm³/mol. The molecule has 1 rings (SSSR count). The Morgan fingerprint density at radius 1 is 1.44 bits per heavy atom. The van der Waals surface area contributed by atoms with E-state index in [1.54, 1.807) is 0 Å². The van der Waals surface area contributed by atoms with Gasteiger partial charge in [-0.15, -0.1) is 5.10 Å². The SMILES string of the molecule is O=C(O)CCCCNC(=O)Nc1cnns1. The Morgan fingerprint density at radius 2 is 2.25 bits per heavy atom. The fraction of sp³-hybridized carbons (Fsp3) is 0.500. The second-order valence-corrected chi connectivity index (χ2v) is 3.80. The van der Waals surface area contributed by atoms with Crippen LogP contribution in [0.1, 0.15) is 19.3 Å². The molecule has 0 aromatic carbocycles. The van der Waals surface area contributed by atoms with E-state index in [2.05, 4.69) is 20.2 Å². The van der Waals surface area contributed by atoms with Crippen molar-refractivity contribution in [2.24, 2.45) is 0 Å². The first-order valence-corrected chi connectivity index (χ1v) is 5.50. The van der Waals surface area contributed by atoms with Crippen LogP contribution in [0.25, 0.3) is 0 Å². The van der Waals surface area contributed by atoms with E-state index in [1.165, 1.54) is 6.20 Å². The third-order valence-electron chi connectivity index (χ3n) is 1.70. The highest BCUT2D eigenvalue weighted by Gasteiger charge is 2.02. The number of nitrogens with one attached hydrogen (secondary N) is 2. The quantitative estimate of drug-likeness (QED) is 0.645.